The molecule has 29 heavy (non-hydrogen) atoms. The van der Waals surface area contributed by atoms with E-state index < -0.39 is 5.97 Å². The Hall–Kier alpha value is -3.58. The maximum Gasteiger partial charge on any atom is 0.358 e. The lowest BCUT2D eigenvalue weighted by Crippen LogP contribution is -2.33. The standard InChI is InChI=1S/C22H23N5O2/c1-2-29-22(28)21-20-13-19(16(23)12-15-8-4-3-5-9-15)27(24)18-11-7-6-10-17(18)26(20)14-25-21/h3-11,14H,2,12-13,23-24H2,1H3/b19-16-. The number of fused-ring (bicyclic) bond motifs is 3. The van der Waals surface area contributed by atoms with Gasteiger partial charge in [0.2, 0.25) is 0 Å². The summed E-state index contributed by atoms with van der Waals surface area (Å²) in [5.74, 6) is 6.06. The van der Waals surface area contributed by atoms with E-state index in [1.54, 1.807) is 18.3 Å². The molecule has 0 bridgehead atoms. The molecule has 0 spiro atoms. The fourth-order valence-corrected chi connectivity index (χ4v) is 3.57. The van der Waals surface area contributed by atoms with Gasteiger partial charge in [0.15, 0.2) is 5.69 Å². The predicted octanol–water partition coefficient (Wildman–Crippen LogP) is 2.70. The first-order chi connectivity index (χ1) is 14.1. The summed E-state index contributed by atoms with van der Waals surface area (Å²) in [6, 6.07) is 17.7. The number of nitrogens with zero attached hydrogens (tertiary/aromatic N) is 3. The number of hydrogen-bond acceptors (Lipinski definition) is 6. The van der Waals surface area contributed by atoms with Crippen molar-refractivity contribution in [1.29, 1.82) is 0 Å². The molecule has 1 aliphatic heterocycles. The highest BCUT2D eigenvalue weighted by atomic mass is 16.5. The van der Waals surface area contributed by atoms with Gasteiger partial charge in [0.05, 0.1) is 29.4 Å². The molecule has 0 atom stereocenters. The van der Waals surface area contributed by atoms with Crippen LogP contribution >= 0.6 is 0 Å². The summed E-state index contributed by atoms with van der Waals surface area (Å²) in [6.07, 6.45) is 2.54. The Morgan fingerprint density at radius 1 is 1.10 bits per heavy atom. The highest BCUT2D eigenvalue weighted by Gasteiger charge is 2.28. The number of hydrazine groups is 1. The van der Waals surface area contributed by atoms with E-state index in [0.717, 1.165) is 22.6 Å². The molecule has 0 saturated heterocycles. The summed E-state index contributed by atoms with van der Waals surface area (Å²) in [5, 5.41) is 1.61. The molecule has 1 aromatic heterocycles. The van der Waals surface area contributed by atoms with Crippen molar-refractivity contribution in [2.75, 3.05) is 11.6 Å². The Bertz CT molecular complexity index is 1070. The molecule has 0 unspecified atom stereocenters. The number of carbonyl (C=O) groups is 1. The van der Waals surface area contributed by atoms with Gasteiger partial charge in [-0.25, -0.2) is 15.6 Å². The average molecular weight is 389 g/mol. The lowest BCUT2D eigenvalue weighted by molar-refractivity contribution is 0.0519. The van der Waals surface area contributed by atoms with Crippen molar-refractivity contribution < 1.29 is 9.53 Å². The number of anilines is 1. The van der Waals surface area contributed by atoms with Crippen molar-refractivity contribution in [2.45, 2.75) is 19.8 Å². The smallest absolute Gasteiger partial charge is 0.358 e. The van der Waals surface area contributed by atoms with E-state index in [1.807, 2.05) is 59.2 Å². The van der Waals surface area contributed by atoms with Crippen molar-refractivity contribution in [3.05, 3.63) is 89.3 Å². The summed E-state index contributed by atoms with van der Waals surface area (Å²) < 4.78 is 7.07. The number of aromatic nitrogens is 2. The third kappa shape index (κ3) is 3.48. The molecule has 0 aliphatic carbocycles. The van der Waals surface area contributed by atoms with Crippen LogP contribution in [0.25, 0.3) is 5.69 Å². The van der Waals surface area contributed by atoms with Crippen LogP contribution in [-0.4, -0.2) is 22.1 Å². The van der Waals surface area contributed by atoms with Crippen molar-refractivity contribution in [3.63, 3.8) is 0 Å². The second-order valence-corrected chi connectivity index (χ2v) is 6.80. The van der Waals surface area contributed by atoms with Gasteiger partial charge >= 0.3 is 5.97 Å². The quantitative estimate of drug-likeness (QED) is 0.526. The van der Waals surface area contributed by atoms with Crippen molar-refractivity contribution in [3.8, 4) is 5.69 Å². The Labute approximate surface area is 169 Å². The van der Waals surface area contributed by atoms with E-state index in [4.69, 9.17) is 16.3 Å². The number of allylic oxidation sites excluding steroid dienone is 2. The molecular formula is C22H23N5O2. The monoisotopic (exact) mass is 389 g/mol. The first kappa shape index (κ1) is 18.8. The number of hydrogen-bond donors (Lipinski definition) is 2. The van der Waals surface area contributed by atoms with E-state index in [1.165, 1.54) is 0 Å². The minimum absolute atomic E-state index is 0.280. The van der Waals surface area contributed by atoms with E-state index in [9.17, 15) is 4.79 Å². The van der Waals surface area contributed by atoms with Crippen molar-refractivity contribution in [1.82, 2.24) is 9.55 Å². The van der Waals surface area contributed by atoms with Crippen LogP contribution in [0.15, 0.2) is 72.3 Å². The van der Waals surface area contributed by atoms with Gasteiger partial charge in [-0.3, -0.25) is 9.58 Å². The normalized spacial score (nSPS) is 14.6. The topological polar surface area (TPSA) is 99.4 Å². The van der Waals surface area contributed by atoms with Gasteiger partial charge in [-0.1, -0.05) is 42.5 Å². The number of para-hydroxylation sites is 2. The summed E-state index contributed by atoms with van der Waals surface area (Å²) in [7, 11) is 0. The number of carbonyl (C=O) groups excluding carboxylic acids is 1. The molecule has 0 fully saturated rings. The van der Waals surface area contributed by atoms with E-state index >= 15 is 0 Å². The lowest BCUT2D eigenvalue weighted by Gasteiger charge is -2.23. The Morgan fingerprint density at radius 3 is 2.52 bits per heavy atom. The molecule has 7 heteroatoms. The van der Waals surface area contributed by atoms with Crippen LogP contribution in [0.2, 0.25) is 0 Å². The van der Waals surface area contributed by atoms with Crippen LogP contribution in [0.3, 0.4) is 0 Å². The van der Waals surface area contributed by atoms with Crippen LogP contribution in [0.4, 0.5) is 5.69 Å². The van der Waals surface area contributed by atoms with Gasteiger partial charge in [-0.2, -0.15) is 0 Å². The molecule has 148 valence electrons. The molecule has 2 aromatic carbocycles. The largest absolute Gasteiger partial charge is 0.461 e. The van der Waals surface area contributed by atoms with Gasteiger partial charge in [-0.15, -0.1) is 0 Å². The van der Waals surface area contributed by atoms with E-state index in [2.05, 4.69) is 4.98 Å². The van der Waals surface area contributed by atoms with Crippen LogP contribution in [-0.2, 0) is 17.6 Å². The molecule has 4 N–H and O–H groups in total. The van der Waals surface area contributed by atoms with E-state index in [-0.39, 0.29) is 12.3 Å². The Morgan fingerprint density at radius 2 is 1.79 bits per heavy atom. The number of imidazole rings is 1. The average Bonchev–Trinajstić information content (AvgIpc) is 3.11. The van der Waals surface area contributed by atoms with Crippen LogP contribution < -0.4 is 16.6 Å². The van der Waals surface area contributed by atoms with Crippen LogP contribution in [0.1, 0.15) is 28.7 Å². The van der Waals surface area contributed by atoms with E-state index in [0.29, 0.717) is 24.2 Å². The molecule has 1 aliphatic rings. The molecule has 7 nitrogen and oxygen atoms in total. The first-order valence-electron chi connectivity index (χ1n) is 9.49. The van der Waals surface area contributed by atoms with Crippen LogP contribution in [0.5, 0.6) is 0 Å². The number of ether oxygens (including phenoxy) is 1. The second kappa shape index (κ2) is 7.81. The van der Waals surface area contributed by atoms with Gasteiger partial charge in [0, 0.05) is 18.5 Å². The number of nitrogens with two attached hydrogens (primary N) is 2. The lowest BCUT2D eigenvalue weighted by atomic mass is 10.1. The SMILES string of the molecule is CCOC(=O)c1ncn2c1C/C(=C(/N)Cc1ccccc1)N(N)c1ccccc1-2. The maximum atomic E-state index is 12.5. The second-order valence-electron chi connectivity index (χ2n) is 6.80. The third-order valence-corrected chi connectivity index (χ3v) is 4.97. The highest BCUT2D eigenvalue weighted by Crippen LogP contribution is 2.33. The van der Waals surface area contributed by atoms with Gasteiger partial charge < -0.3 is 10.5 Å². The fraction of sp³-hybridized carbons (Fsp3) is 0.182. The summed E-state index contributed by atoms with van der Waals surface area (Å²) in [6.45, 7) is 2.05. The van der Waals surface area contributed by atoms with Gasteiger partial charge in [0.1, 0.15) is 6.33 Å². The molecule has 0 radical (unpaired) electrons. The minimum atomic E-state index is -0.454. The van der Waals surface area contributed by atoms with Crippen LogP contribution in [0, 0.1) is 0 Å². The Kier molecular flexibility index (Phi) is 5.05. The summed E-state index contributed by atoms with van der Waals surface area (Å²) in [5.41, 5.74) is 11.6. The zero-order valence-corrected chi connectivity index (χ0v) is 16.2. The first-order valence-corrected chi connectivity index (χ1v) is 9.49. The molecule has 3 aromatic rings. The van der Waals surface area contributed by atoms with Crippen molar-refractivity contribution >= 4 is 11.7 Å². The summed E-state index contributed by atoms with van der Waals surface area (Å²) in [4.78, 5) is 16.8. The Balaban J connectivity index is 1.85. The maximum absolute atomic E-state index is 12.5. The zero-order chi connectivity index (χ0) is 20.4. The molecule has 4 rings (SSSR count). The molecule has 0 saturated carbocycles. The highest BCUT2D eigenvalue weighted by molar-refractivity contribution is 5.89. The number of rotatable bonds is 4. The predicted molar refractivity (Wildman–Crippen MR) is 111 cm³/mol. The third-order valence-electron chi connectivity index (χ3n) is 4.97. The number of esters is 1. The minimum Gasteiger partial charge on any atom is -0.461 e. The van der Waals surface area contributed by atoms with Gasteiger partial charge in [0.25, 0.3) is 0 Å². The molecule has 0 amide bonds. The van der Waals surface area contributed by atoms with Crippen molar-refractivity contribution in [2.24, 2.45) is 11.6 Å². The zero-order valence-electron chi connectivity index (χ0n) is 16.2. The molecule has 2 heterocycles. The fourth-order valence-electron chi connectivity index (χ4n) is 3.57. The summed E-state index contributed by atoms with van der Waals surface area (Å²) >= 11 is 0. The van der Waals surface area contributed by atoms with Gasteiger partial charge in [-0.05, 0) is 24.6 Å². The molecular weight excluding hydrogens is 366 g/mol. The number of benzene rings is 2.